The van der Waals surface area contributed by atoms with Gasteiger partial charge in [0.1, 0.15) is 25.2 Å². The number of nitrogens with zero attached hydrogens (tertiary/aromatic N) is 4. The molecule has 0 unspecified atom stereocenters. The molecular weight excluding hydrogens is 286 g/mol. The van der Waals surface area contributed by atoms with Gasteiger partial charge in [-0.25, -0.2) is 20.2 Å². The number of anilines is 1. The number of rotatable bonds is 2. The van der Waals surface area contributed by atoms with E-state index < -0.39 is 0 Å². The number of piperidine rings is 3. The Balaban J connectivity index is 1.48. The number of hydroxylamine groups is 3. The zero-order valence-corrected chi connectivity index (χ0v) is 12.5. The third-order valence-electron chi connectivity index (χ3n) is 4.97. The Labute approximate surface area is 128 Å². The molecule has 2 N–H and O–H groups in total. The number of aliphatic imine (C=N–C) groups is 1. The molecule has 8 nitrogen and oxygen atoms in total. The molecule has 1 aromatic heterocycles. The normalized spacial score (nSPS) is 36.1. The van der Waals surface area contributed by atoms with E-state index in [9.17, 15) is 5.21 Å². The van der Waals surface area contributed by atoms with Crippen LogP contribution in [0, 0.1) is 5.92 Å². The van der Waals surface area contributed by atoms with Crippen LogP contribution in [0.1, 0.15) is 12.8 Å². The topological polar surface area (TPSA) is 88.9 Å². The lowest BCUT2D eigenvalue weighted by atomic mass is 9.75. The molecule has 4 aliphatic heterocycles. The molecule has 8 heteroatoms. The highest BCUT2D eigenvalue weighted by molar-refractivity contribution is 5.89. The largest absolute Gasteiger partial charge is 0.481 e. The minimum Gasteiger partial charge on any atom is -0.481 e. The van der Waals surface area contributed by atoms with Crippen LogP contribution in [-0.4, -0.2) is 64.7 Å². The first-order chi connectivity index (χ1) is 10.6. The average Bonchev–Trinajstić information content (AvgIpc) is 2.90. The van der Waals surface area contributed by atoms with Gasteiger partial charge in [-0.3, -0.25) is 5.32 Å². The van der Waals surface area contributed by atoms with Crippen LogP contribution in [0.3, 0.4) is 0 Å². The smallest absolute Gasteiger partial charge is 0.291 e. The number of methoxy groups -OCH3 is 1. The fourth-order valence-electron chi connectivity index (χ4n) is 3.81. The summed E-state index contributed by atoms with van der Waals surface area (Å²) < 4.78 is 11.3. The Morgan fingerprint density at radius 1 is 1.41 bits per heavy atom. The third kappa shape index (κ3) is 2.19. The molecule has 118 valence electrons. The van der Waals surface area contributed by atoms with Crippen molar-refractivity contribution < 1.29 is 19.3 Å². The molecule has 22 heavy (non-hydrogen) atoms. The lowest BCUT2D eigenvalue weighted by Gasteiger charge is -2.51. The maximum Gasteiger partial charge on any atom is 0.291 e. The van der Waals surface area contributed by atoms with E-state index >= 15 is 0 Å². The van der Waals surface area contributed by atoms with Crippen LogP contribution >= 0.6 is 0 Å². The summed E-state index contributed by atoms with van der Waals surface area (Å²) in [5.74, 6) is 1.52. The number of ether oxygens (including phenoxy) is 2. The number of fused-ring (bicyclic) bond motifs is 2. The van der Waals surface area contributed by atoms with Crippen LogP contribution in [0.25, 0.3) is 0 Å². The van der Waals surface area contributed by atoms with Gasteiger partial charge in [0.25, 0.3) is 6.02 Å². The van der Waals surface area contributed by atoms with Crippen molar-refractivity contribution in [3.8, 4) is 5.88 Å². The van der Waals surface area contributed by atoms with Gasteiger partial charge < -0.3 is 9.47 Å². The van der Waals surface area contributed by atoms with Gasteiger partial charge >= 0.3 is 0 Å². The van der Waals surface area contributed by atoms with E-state index in [1.54, 1.807) is 13.2 Å². The summed E-state index contributed by atoms with van der Waals surface area (Å²) in [6, 6.07) is 2.15. The Kier molecular flexibility index (Phi) is 2.98. The van der Waals surface area contributed by atoms with E-state index in [-0.39, 0.29) is 10.2 Å². The van der Waals surface area contributed by atoms with Crippen molar-refractivity contribution in [2.75, 3.05) is 38.6 Å². The molecule has 1 spiro atoms. The fourth-order valence-corrected chi connectivity index (χ4v) is 3.81. The molecule has 2 bridgehead atoms. The predicted octanol–water partition coefficient (Wildman–Crippen LogP) is 0.652. The highest BCUT2D eigenvalue weighted by Crippen LogP contribution is 2.43. The molecule has 3 saturated heterocycles. The summed E-state index contributed by atoms with van der Waals surface area (Å²) in [4.78, 5) is 12.6. The van der Waals surface area contributed by atoms with Gasteiger partial charge in [-0.15, -0.1) is 0 Å². The van der Waals surface area contributed by atoms with E-state index in [0.717, 1.165) is 25.9 Å². The monoisotopic (exact) mass is 306 g/mol. The molecule has 0 saturated carbocycles. The van der Waals surface area contributed by atoms with E-state index in [4.69, 9.17) is 9.47 Å². The van der Waals surface area contributed by atoms with E-state index in [1.165, 1.54) is 6.33 Å². The van der Waals surface area contributed by atoms with Crippen molar-refractivity contribution in [3.05, 3.63) is 12.4 Å². The zero-order chi connectivity index (χ0) is 15.2. The third-order valence-corrected chi connectivity index (χ3v) is 4.97. The first-order valence-corrected chi connectivity index (χ1v) is 7.56. The molecule has 1 aromatic rings. The van der Waals surface area contributed by atoms with Gasteiger partial charge in [0.15, 0.2) is 12.1 Å². The lowest BCUT2D eigenvalue weighted by Crippen LogP contribution is -2.69. The van der Waals surface area contributed by atoms with Crippen molar-refractivity contribution >= 4 is 11.8 Å². The summed E-state index contributed by atoms with van der Waals surface area (Å²) in [6.07, 6.45) is 3.40. The highest BCUT2D eigenvalue weighted by Gasteiger charge is 2.59. The van der Waals surface area contributed by atoms with Crippen LogP contribution in [0.2, 0.25) is 0 Å². The van der Waals surface area contributed by atoms with Crippen LogP contribution in [0.5, 0.6) is 5.88 Å². The number of hydrogen-bond donors (Lipinski definition) is 2. The van der Waals surface area contributed by atoms with E-state index in [0.29, 0.717) is 36.7 Å². The van der Waals surface area contributed by atoms with Crippen LogP contribution in [0.15, 0.2) is 17.4 Å². The van der Waals surface area contributed by atoms with Gasteiger partial charge in [-0.1, -0.05) is 0 Å². The van der Waals surface area contributed by atoms with Crippen molar-refractivity contribution in [2.24, 2.45) is 10.9 Å². The molecule has 5 heterocycles. The highest BCUT2D eigenvalue weighted by atomic mass is 16.6. The summed E-state index contributed by atoms with van der Waals surface area (Å²) >= 11 is 0. The molecule has 0 aliphatic carbocycles. The average molecular weight is 306 g/mol. The fraction of sp³-hybridized carbons (Fsp3) is 0.643. The second kappa shape index (κ2) is 4.79. The molecule has 5 rings (SSSR count). The quantitative estimate of drug-likeness (QED) is 0.780. The minimum absolute atomic E-state index is 0.112. The molecule has 3 fully saturated rings. The van der Waals surface area contributed by atoms with E-state index in [2.05, 4.69) is 20.3 Å². The Morgan fingerprint density at radius 2 is 2.23 bits per heavy atom. The molecule has 4 aliphatic rings. The number of hydrogen-bond acceptors (Lipinski definition) is 7. The Bertz CT molecular complexity index is 614. The van der Waals surface area contributed by atoms with Crippen LogP contribution in [0.4, 0.5) is 5.82 Å². The number of quaternary nitrogens is 1. The zero-order valence-electron chi connectivity index (χ0n) is 12.5. The van der Waals surface area contributed by atoms with Crippen LogP contribution in [-0.2, 0) is 4.74 Å². The van der Waals surface area contributed by atoms with Gasteiger partial charge in [0, 0.05) is 24.8 Å². The summed E-state index contributed by atoms with van der Waals surface area (Å²) in [5, 5.41) is 13.6. The van der Waals surface area contributed by atoms with Gasteiger partial charge in [0.2, 0.25) is 5.88 Å². The van der Waals surface area contributed by atoms with Crippen molar-refractivity contribution in [1.82, 2.24) is 9.97 Å². The summed E-state index contributed by atoms with van der Waals surface area (Å²) in [7, 11) is 1.56. The number of amidine groups is 1. The Morgan fingerprint density at radius 3 is 2.95 bits per heavy atom. The standard InChI is InChI=1S/C14H20N5O3/c1-21-12-6-11(16-9-17-12)18-13-15-7-14(22-13)8-19(20)4-2-10(14)3-5-19/h6,9-10,20H,2-5,7-8H2,1H3,(H,15,16,17,18)/q+1/t10?,14-,19?/m0/s1. The first kappa shape index (κ1) is 13.7. The Hall–Kier alpha value is -1.93. The molecule has 0 radical (unpaired) electrons. The van der Waals surface area contributed by atoms with Crippen LogP contribution < -0.4 is 10.1 Å². The lowest BCUT2D eigenvalue weighted by molar-refractivity contribution is -1.12. The van der Waals surface area contributed by atoms with E-state index in [1.807, 2.05) is 0 Å². The van der Waals surface area contributed by atoms with Gasteiger partial charge in [-0.2, -0.15) is 4.65 Å². The minimum atomic E-state index is -0.370. The molecule has 0 aromatic carbocycles. The van der Waals surface area contributed by atoms with Gasteiger partial charge in [0.05, 0.1) is 13.7 Å². The SMILES string of the molecule is COc1cc(NC2=NC[C@@]3(C[N+]4(O)CCC3CC4)O2)ncn1. The second-order valence-electron chi connectivity index (χ2n) is 6.33. The molecular formula is C14H20N5O3+. The van der Waals surface area contributed by atoms with Gasteiger partial charge in [-0.05, 0) is 0 Å². The maximum absolute atomic E-state index is 10.5. The first-order valence-electron chi connectivity index (χ1n) is 7.56. The number of nitrogens with one attached hydrogen (secondary N) is 1. The number of aromatic nitrogens is 2. The summed E-state index contributed by atoms with van der Waals surface area (Å²) in [5.41, 5.74) is -0.370. The predicted molar refractivity (Wildman–Crippen MR) is 77.7 cm³/mol. The summed E-state index contributed by atoms with van der Waals surface area (Å²) in [6.45, 7) is 2.84. The molecule has 0 amide bonds. The second-order valence-corrected chi connectivity index (χ2v) is 6.33. The maximum atomic E-state index is 10.5. The van der Waals surface area contributed by atoms with Crippen molar-refractivity contribution in [3.63, 3.8) is 0 Å². The molecule has 1 atom stereocenters. The van der Waals surface area contributed by atoms with Crippen molar-refractivity contribution in [2.45, 2.75) is 18.4 Å². The van der Waals surface area contributed by atoms with Crippen molar-refractivity contribution in [1.29, 1.82) is 0 Å².